The van der Waals surface area contributed by atoms with Gasteiger partial charge in [-0.1, -0.05) is 18.2 Å². The summed E-state index contributed by atoms with van der Waals surface area (Å²) in [5.74, 6) is 1.14. The van der Waals surface area contributed by atoms with E-state index in [-0.39, 0.29) is 0 Å². The normalized spacial score (nSPS) is 16.1. The predicted molar refractivity (Wildman–Crippen MR) is 116 cm³/mol. The van der Waals surface area contributed by atoms with Crippen molar-refractivity contribution in [1.29, 1.82) is 0 Å². The van der Waals surface area contributed by atoms with Gasteiger partial charge in [-0.2, -0.15) is 5.10 Å². The summed E-state index contributed by atoms with van der Waals surface area (Å²) in [5, 5.41) is 4.43. The van der Waals surface area contributed by atoms with Crippen molar-refractivity contribution in [2.45, 2.75) is 20.4 Å². The number of hydrogen-bond acceptors (Lipinski definition) is 5. The third kappa shape index (κ3) is 3.63. The minimum atomic E-state index is -3.42. The minimum absolute atomic E-state index is 0.396. The zero-order valence-corrected chi connectivity index (χ0v) is 17.5. The molecule has 0 saturated carbocycles. The molecule has 0 radical (unpaired) electrons. The zero-order chi connectivity index (χ0) is 20.8. The Morgan fingerprint density at radius 3 is 2.59 bits per heavy atom. The second kappa shape index (κ2) is 7.04. The number of rotatable bonds is 5. The molecule has 2 aromatic carbocycles. The van der Waals surface area contributed by atoms with Crippen molar-refractivity contribution < 1.29 is 13.2 Å². The van der Waals surface area contributed by atoms with E-state index in [0.29, 0.717) is 23.8 Å². The fourth-order valence-electron chi connectivity index (χ4n) is 3.59. The van der Waals surface area contributed by atoms with Crippen molar-refractivity contribution in [3.63, 3.8) is 0 Å². The van der Waals surface area contributed by atoms with E-state index in [0.717, 1.165) is 28.7 Å². The van der Waals surface area contributed by atoms with Crippen LogP contribution >= 0.6 is 0 Å². The number of nitrogens with one attached hydrogen (secondary N) is 2. The second-order valence-electron chi connectivity index (χ2n) is 7.18. The van der Waals surface area contributed by atoms with Gasteiger partial charge in [-0.3, -0.25) is 15.1 Å². The molecule has 1 aliphatic heterocycles. The Labute approximate surface area is 170 Å². The van der Waals surface area contributed by atoms with Gasteiger partial charge in [-0.15, -0.1) is 0 Å². The molecule has 1 aliphatic carbocycles. The fourth-order valence-corrected chi connectivity index (χ4v) is 4.14. The van der Waals surface area contributed by atoms with Crippen LogP contribution in [0, 0.1) is 13.8 Å². The Kier molecular flexibility index (Phi) is 4.66. The summed E-state index contributed by atoms with van der Waals surface area (Å²) < 4.78 is 31.2. The van der Waals surface area contributed by atoms with Crippen LogP contribution in [0.25, 0.3) is 6.08 Å². The monoisotopic (exact) mass is 410 g/mol. The number of methoxy groups -OCH3 is 1. The first kappa shape index (κ1) is 19.2. The number of hydrazone groups is 1. The molecular weight excluding hydrogens is 388 g/mol. The van der Waals surface area contributed by atoms with Crippen LogP contribution in [0.15, 0.2) is 46.0 Å². The van der Waals surface area contributed by atoms with Crippen molar-refractivity contribution >= 4 is 33.3 Å². The number of ether oxygens (including phenoxy) is 1. The zero-order valence-electron chi connectivity index (χ0n) is 16.7. The van der Waals surface area contributed by atoms with Crippen LogP contribution in [-0.2, 0) is 16.6 Å². The molecule has 0 bridgehead atoms. The molecule has 2 aromatic rings. The van der Waals surface area contributed by atoms with E-state index in [1.807, 2.05) is 12.1 Å². The number of sulfonamides is 1. The summed E-state index contributed by atoms with van der Waals surface area (Å²) in [6, 6.07) is 9.76. The van der Waals surface area contributed by atoms with Gasteiger partial charge in [0, 0.05) is 11.1 Å². The maximum atomic E-state index is 11.7. The summed E-state index contributed by atoms with van der Waals surface area (Å²) >= 11 is 0. The smallest absolute Gasteiger partial charge is 0.229 e. The second-order valence-corrected chi connectivity index (χ2v) is 8.93. The van der Waals surface area contributed by atoms with Gasteiger partial charge in [0.1, 0.15) is 11.5 Å². The lowest BCUT2D eigenvalue weighted by molar-refractivity contribution is 0.417. The topological polar surface area (TPSA) is 92.1 Å². The standard InChI is InChI=1S/C21H22N4O3S/c1-12-6-5-7-13(2)17(12)11-22-21-16-8-14-9-18(25-29(4,26)27)19(28-3)10-15(14)20(16)23-24-21/h5-10,25H,11H2,1-4H3,(H,22,24). The van der Waals surface area contributed by atoms with Crippen molar-refractivity contribution in [3.05, 3.63) is 63.7 Å². The summed E-state index contributed by atoms with van der Waals surface area (Å²) in [7, 11) is -1.92. The highest BCUT2D eigenvalue weighted by Gasteiger charge is 2.30. The van der Waals surface area contributed by atoms with Gasteiger partial charge in [0.15, 0.2) is 5.84 Å². The predicted octanol–water partition coefficient (Wildman–Crippen LogP) is 2.99. The number of anilines is 1. The average molecular weight is 410 g/mol. The molecule has 2 aliphatic rings. The van der Waals surface area contributed by atoms with Crippen LogP contribution in [-0.4, -0.2) is 33.3 Å². The molecule has 0 unspecified atom stereocenters. The Balaban J connectivity index is 1.67. The SMILES string of the molecule is COc1cc2c(cc1NS(C)(=O)=O)C=C1C(=NCc3c(C)cccc3C)NN=C12. The first-order valence-corrected chi connectivity index (χ1v) is 11.0. The number of fused-ring (bicyclic) bond motifs is 3. The minimum Gasteiger partial charge on any atom is -0.495 e. The van der Waals surface area contributed by atoms with Crippen LogP contribution in [0.5, 0.6) is 5.75 Å². The van der Waals surface area contributed by atoms with Crippen LogP contribution in [0.3, 0.4) is 0 Å². The highest BCUT2D eigenvalue weighted by atomic mass is 32.2. The molecule has 0 amide bonds. The highest BCUT2D eigenvalue weighted by molar-refractivity contribution is 7.92. The van der Waals surface area contributed by atoms with Gasteiger partial charge in [0.25, 0.3) is 0 Å². The summed E-state index contributed by atoms with van der Waals surface area (Å²) in [5.41, 5.74) is 10.4. The van der Waals surface area contributed by atoms with Gasteiger partial charge in [0.05, 0.1) is 25.6 Å². The quantitative estimate of drug-likeness (QED) is 0.793. The lowest BCUT2D eigenvalue weighted by atomic mass is 10.0. The number of benzene rings is 2. The molecule has 150 valence electrons. The highest BCUT2D eigenvalue weighted by Crippen LogP contribution is 2.36. The number of aryl methyl sites for hydroxylation is 2. The molecule has 0 atom stereocenters. The molecule has 29 heavy (non-hydrogen) atoms. The van der Waals surface area contributed by atoms with Crippen molar-refractivity contribution in [3.8, 4) is 5.75 Å². The maximum absolute atomic E-state index is 11.7. The molecule has 7 nitrogen and oxygen atoms in total. The van der Waals surface area contributed by atoms with Crippen LogP contribution in [0.1, 0.15) is 27.8 Å². The van der Waals surface area contributed by atoms with Gasteiger partial charge in [-0.25, -0.2) is 8.42 Å². The first-order chi connectivity index (χ1) is 13.8. The number of hydrogen-bond donors (Lipinski definition) is 2. The molecule has 0 saturated heterocycles. The van der Waals surface area contributed by atoms with Gasteiger partial charge < -0.3 is 4.74 Å². The van der Waals surface area contributed by atoms with Crippen LogP contribution < -0.4 is 14.9 Å². The van der Waals surface area contributed by atoms with Gasteiger partial charge in [-0.05, 0) is 54.3 Å². The largest absolute Gasteiger partial charge is 0.495 e. The molecule has 8 heteroatoms. The first-order valence-electron chi connectivity index (χ1n) is 9.12. The van der Waals surface area contributed by atoms with Crippen molar-refractivity contribution in [2.24, 2.45) is 10.1 Å². The Hall–Kier alpha value is -3.13. The molecule has 0 fully saturated rings. The maximum Gasteiger partial charge on any atom is 0.229 e. The van der Waals surface area contributed by atoms with E-state index in [4.69, 9.17) is 9.73 Å². The Morgan fingerprint density at radius 1 is 1.21 bits per heavy atom. The summed E-state index contributed by atoms with van der Waals surface area (Å²) in [6.45, 7) is 4.72. The molecule has 2 N–H and O–H groups in total. The number of amidine groups is 1. The van der Waals surface area contributed by atoms with Gasteiger partial charge in [0.2, 0.25) is 10.0 Å². The fraction of sp³-hybridized carbons (Fsp3) is 0.238. The third-order valence-corrected chi connectivity index (χ3v) is 5.64. The Morgan fingerprint density at radius 2 is 1.93 bits per heavy atom. The molecular formula is C21H22N4O3S. The molecule has 0 spiro atoms. The van der Waals surface area contributed by atoms with E-state index >= 15 is 0 Å². The van der Waals surface area contributed by atoms with E-state index in [1.165, 1.54) is 23.8 Å². The van der Waals surface area contributed by atoms with E-state index < -0.39 is 10.0 Å². The van der Waals surface area contributed by atoms with E-state index in [9.17, 15) is 8.42 Å². The average Bonchev–Trinajstić information content (AvgIpc) is 3.18. The number of nitrogens with zero attached hydrogens (tertiary/aromatic N) is 2. The van der Waals surface area contributed by atoms with E-state index in [1.54, 1.807) is 12.1 Å². The lowest BCUT2D eigenvalue weighted by Gasteiger charge is -2.12. The third-order valence-electron chi connectivity index (χ3n) is 5.05. The lowest BCUT2D eigenvalue weighted by Crippen LogP contribution is -2.14. The number of aliphatic imine (C=N–C) groups is 1. The molecule has 4 rings (SSSR count). The van der Waals surface area contributed by atoms with Crippen LogP contribution in [0.2, 0.25) is 0 Å². The molecule has 0 aromatic heterocycles. The van der Waals surface area contributed by atoms with Crippen molar-refractivity contribution in [2.75, 3.05) is 18.1 Å². The van der Waals surface area contributed by atoms with E-state index in [2.05, 4.69) is 41.2 Å². The Bertz CT molecular complexity index is 1190. The van der Waals surface area contributed by atoms with Crippen molar-refractivity contribution in [1.82, 2.24) is 5.43 Å². The summed E-state index contributed by atoms with van der Waals surface area (Å²) in [6.07, 6.45) is 3.07. The van der Waals surface area contributed by atoms with Crippen LogP contribution in [0.4, 0.5) is 5.69 Å². The van der Waals surface area contributed by atoms with Gasteiger partial charge >= 0.3 is 0 Å². The summed E-state index contributed by atoms with van der Waals surface area (Å²) in [4.78, 5) is 4.75. The molecule has 1 heterocycles.